The van der Waals surface area contributed by atoms with Gasteiger partial charge in [-0.25, -0.2) is 0 Å². The maximum atomic E-state index is 13.0. The molecule has 2 aromatic rings. The number of hydrogen-bond acceptors (Lipinski definition) is 0. The minimum Gasteiger partial charge on any atom is -0.166 e. The normalized spacial score (nSPS) is 13.7. The average molecular weight is 331 g/mol. The summed E-state index contributed by atoms with van der Waals surface area (Å²) in [7, 11) is 0. The highest BCUT2D eigenvalue weighted by atomic mass is 19.4. The van der Waals surface area contributed by atoms with Gasteiger partial charge in [-0.2, -0.15) is 39.5 Å². The molecule has 22 heavy (non-hydrogen) atoms. The van der Waals surface area contributed by atoms with Gasteiger partial charge in [-0.3, -0.25) is 0 Å². The number of fused-ring (bicyclic) bond motifs is 1. The Morgan fingerprint density at radius 3 is 1.68 bits per heavy atom. The van der Waals surface area contributed by atoms with Crippen LogP contribution in [0.5, 0.6) is 0 Å². The number of benzene rings is 2. The molecule has 0 unspecified atom stereocenters. The average Bonchev–Trinajstić information content (AvgIpc) is 2.33. The molecule has 2 aromatic carbocycles. The van der Waals surface area contributed by atoms with Gasteiger partial charge in [0.05, 0.1) is 16.7 Å². The van der Waals surface area contributed by atoms with E-state index in [-0.39, 0.29) is 6.07 Å². The molecule has 9 heteroatoms. The minimum absolute atomic E-state index is 0.00527. The van der Waals surface area contributed by atoms with E-state index in [2.05, 4.69) is 0 Å². The first-order chi connectivity index (χ1) is 9.83. The lowest BCUT2D eigenvalue weighted by molar-refractivity contribution is -0.161. The number of hydrogen-bond donors (Lipinski definition) is 0. The Bertz CT molecular complexity index is 704. The fourth-order valence-corrected chi connectivity index (χ4v) is 2.05. The standard InChI is InChI=1S/C13H4F9/c14-11(15,16)7-3-1-2-6-4-5-8(12(17,18)19)10(9(6)7)13(20,21)22/h1-3,5H. The van der Waals surface area contributed by atoms with E-state index < -0.39 is 46.0 Å². The van der Waals surface area contributed by atoms with E-state index in [4.69, 9.17) is 0 Å². The highest BCUT2D eigenvalue weighted by molar-refractivity contribution is 5.90. The van der Waals surface area contributed by atoms with Crippen LogP contribution in [-0.4, -0.2) is 0 Å². The molecule has 0 spiro atoms. The highest BCUT2D eigenvalue weighted by Crippen LogP contribution is 2.47. The molecule has 0 bridgehead atoms. The fraction of sp³-hybridized carbons (Fsp3) is 0.231. The molecule has 0 aliphatic carbocycles. The van der Waals surface area contributed by atoms with Crippen molar-refractivity contribution < 1.29 is 39.5 Å². The van der Waals surface area contributed by atoms with Crippen LogP contribution in [0.25, 0.3) is 10.8 Å². The first kappa shape index (κ1) is 16.4. The quantitative estimate of drug-likeness (QED) is 0.544. The minimum atomic E-state index is -5.61. The van der Waals surface area contributed by atoms with Gasteiger partial charge in [-0.1, -0.05) is 12.1 Å². The number of rotatable bonds is 0. The van der Waals surface area contributed by atoms with Crippen LogP contribution in [-0.2, 0) is 18.5 Å². The van der Waals surface area contributed by atoms with Crippen LogP contribution in [0.1, 0.15) is 16.7 Å². The van der Waals surface area contributed by atoms with E-state index in [1.165, 1.54) is 0 Å². The Hall–Kier alpha value is -1.93. The molecular formula is C13H4F9. The van der Waals surface area contributed by atoms with Gasteiger partial charge in [0, 0.05) is 5.39 Å². The lowest BCUT2D eigenvalue weighted by Gasteiger charge is -2.20. The molecule has 0 N–H and O–H groups in total. The maximum absolute atomic E-state index is 13.0. The van der Waals surface area contributed by atoms with Crippen molar-refractivity contribution in [1.82, 2.24) is 0 Å². The molecule has 1 radical (unpaired) electrons. The van der Waals surface area contributed by atoms with Gasteiger partial charge in [0.15, 0.2) is 0 Å². The molecule has 0 atom stereocenters. The van der Waals surface area contributed by atoms with Crippen molar-refractivity contribution in [3.8, 4) is 0 Å². The molecule has 0 heterocycles. The van der Waals surface area contributed by atoms with Crippen LogP contribution in [0, 0.1) is 6.07 Å². The van der Waals surface area contributed by atoms with E-state index in [0.29, 0.717) is 6.07 Å². The van der Waals surface area contributed by atoms with Crippen LogP contribution in [0.4, 0.5) is 39.5 Å². The van der Waals surface area contributed by atoms with Crippen molar-refractivity contribution in [2.24, 2.45) is 0 Å². The van der Waals surface area contributed by atoms with E-state index in [9.17, 15) is 39.5 Å². The van der Waals surface area contributed by atoms with E-state index in [1.807, 2.05) is 6.07 Å². The lowest BCUT2D eigenvalue weighted by atomic mass is 9.94. The Kier molecular flexibility index (Phi) is 3.58. The summed E-state index contributed by atoms with van der Waals surface area (Å²) in [6.45, 7) is 0. The van der Waals surface area contributed by atoms with Crippen LogP contribution in [0.2, 0.25) is 0 Å². The van der Waals surface area contributed by atoms with Crippen molar-refractivity contribution in [2.75, 3.05) is 0 Å². The fourth-order valence-electron chi connectivity index (χ4n) is 2.05. The van der Waals surface area contributed by atoms with Gasteiger partial charge >= 0.3 is 18.5 Å². The highest BCUT2D eigenvalue weighted by Gasteiger charge is 2.46. The van der Waals surface area contributed by atoms with E-state index >= 15 is 0 Å². The predicted octanol–water partition coefficient (Wildman–Crippen LogP) is 5.70. The van der Waals surface area contributed by atoms with Crippen molar-refractivity contribution in [1.29, 1.82) is 0 Å². The maximum Gasteiger partial charge on any atom is 0.417 e. The van der Waals surface area contributed by atoms with Gasteiger partial charge < -0.3 is 0 Å². The zero-order valence-electron chi connectivity index (χ0n) is 10.2. The SMILES string of the molecule is FC(F)(F)c1c[c]c2cccc(C(F)(F)F)c2c1C(F)(F)F. The Balaban J connectivity index is 3.05. The van der Waals surface area contributed by atoms with Gasteiger partial charge in [0.2, 0.25) is 0 Å². The van der Waals surface area contributed by atoms with Crippen molar-refractivity contribution in [2.45, 2.75) is 18.5 Å². The summed E-state index contributed by atoms with van der Waals surface area (Å²) in [6, 6.07) is 3.77. The van der Waals surface area contributed by atoms with Crippen LogP contribution < -0.4 is 0 Å². The second kappa shape index (κ2) is 4.79. The third kappa shape index (κ3) is 2.84. The van der Waals surface area contributed by atoms with Crippen molar-refractivity contribution in [3.63, 3.8) is 0 Å². The van der Waals surface area contributed by atoms with Crippen LogP contribution >= 0.6 is 0 Å². The van der Waals surface area contributed by atoms with Gasteiger partial charge in [-0.15, -0.1) is 0 Å². The number of alkyl halides is 9. The summed E-state index contributed by atoms with van der Waals surface area (Å²) in [5.41, 5.74) is -6.36. The molecule has 0 aliphatic rings. The first-order valence-electron chi connectivity index (χ1n) is 5.52. The molecular weight excluding hydrogens is 327 g/mol. The molecule has 0 saturated carbocycles. The summed E-state index contributed by atoms with van der Waals surface area (Å²) >= 11 is 0. The molecule has 0 amide bonds. The van der Waals surface area contributed by atoms with Crippen LogP contribution in [0.3, 0.4) is 0 Å². The Labute approximate surface area is 117 Å². The van der Waals surface area contributed by atoms with Gasteiger partial charge in [-0.05, 0) is 23.6 Å². The summed E-state index contributed by atoms with van der Waals surface area (Å²) < 4.78 is 116. The summed E-state index contributed by atoms with van der Waals surface area (Å²) in [6.07, 6.45) is -16.3. The molecule has 2 rings (SSSR count). The second-order valence-electron chi connectivity index (χ2n) is 4.30. The molecule has 0 aromatic heterocycles. The predicted molar refractivity (Wildman–Crippen MR) is 57.8 cm³/mol. The monoisotopic (exact) mass is 331 g/mol. The summed E-state index contributed by atoms with van der Waals surface area (Å²) in [4.78, 5) is 0. The largest absolute Gasteiger partial charge is 0.417 e. The first-order valence-corrected chi connectivity index (χ1v) is 5.52. The second-order valence-corrected chi connectivity index (χ2v) is 4.30. The number of halogens is 9. The Morgan fingerprint density at radius 1 is 0.682 bits per heavy atom. The van der Waals surface area contributed by atoms with Crippen molar-refractivity contribution >= 4 is 10.8 Å². The van der Waals surface area contributed by atoms with Crippen LogP contribution in [0.15, 0.2) is 24.3 Å². The lowest BCUT2D eigenvalue weighted by Crippen LogP contribution is -2.19. The van der Waals surface area contributed by atoms with Gasteiger partial charge in [0.1, 0.15) is 0 Å². The molecule has 119 valence electrons. The van der Waals surface area contributed by atoms with E-state index in [0.717, 1.165) is 12.1 Å². The zero-order chi connectivity index (χ0) is 16.9. The molecule has 0 saturated heterocycles. The zero-order valence-corrected chi connectivity index (χ0v) is 10.2. The van der Waals surface area contributed by atoms with Gasteiger partial charge in [0.25, 0.3) is 0 Å². The summed E-state index contributed by atoms with van der Waals surface area (Å²) in [5, 5.41) is -2.26. The molecule has 0 fully saturated rings. The molecule has 0 nitrogen and oxygen atoms in total. The van der Waals surface area contributed by atoms with E-state index in [1.54, 1.807) is 0 Å². The third-order valence-corrected chi connectivity index (χ3v) is 2.85. The van der Waals surface area contributed by atoms with Crippen molar-refractivity contribution in [3.05, 3.63) is 47.0 Å². The smallest absolute Gasteiger partial charge is 0.166 e. The Morgan fingerprint density at radius 2 is 1.23 bits per heavy atom. The summed E-state index contributed by atoms with van der Waals surface area (Å²) in [5.74, 6) is 0. The topological polar surface area (TPSA) is 0 Å². The third-order valence-electron chi connectivity index (χ3n) is 2.85. The molecule has 0 aliphatic heterocycles.